The molecule has 2 aromatic heterocycles. The second-order valence-corrected chi connectivity index (χ2v) is 9.65. The summed E-state index contributed by atoms with van der Waals surface area (Å²) >= 11 is 10.2. The average Bonchev–Trinajstić information content (AvgIpc) is 3.50. The summed E-state index contributed by atoms with van der Waals surface area (Å²) in [5.74, 6) is 0.535. The molecule has 2 N–H and O–H groups in total. The molecule has 0 amide bonds. The Morgan fingerprint density at radius 2 is 1.88 bits per heavy atom. The van der Waals surface area contributed by atoms with Crippen LogP contribution in [0.4, 0.5) is 5.69 Å². The summed E-state index contributed by atoms with van der Waals surface area (Å²) in [6, 6.07) is 10.1. The largest absolute Gasteiger partial charge is 0.469 e. The molecule has 6 rings (SSSR count). The van der Waals surface area contributed by atoms with E-state index >= 15 is 0 Å². The predicted molar refractivity (Wildman–Crippen MR) is 127 cm³/mol. The molecule has 3 aromatic rings. The van der Waals surface area contributed by atoms with Crippen LogP contribution in [0.25, 0.3) is 22.3 Å². The molecule has 33 heavy (non-hydrogen) atoms. The van der Waals surface area contributed by atoms with Gasteiger partial charge in [0.1, 0.15) is 28.3 Å². The van der Waals surface area contributed by atoms with Crippen molar-refractivity contribution < 1.29 is 24.1 Å². The Morgan fingerprint density at radius 1 is 1.12 bits per heavy atom. The van der Waals surface area contributed by atoms with Crippen LogP contribution >= 0.6 is 27.5 Å². The maximum atomic E-state index is 9.96. The van der Waals surface area contributed by atoms with E-state index in [1.165, 1.54) is 0 Å². The number of morpholine rings is 1. The lowest BCUT2D eigenvalue weighted by atomic mass is 10.1. The van der Waals surface area contributed by atoms with Crippen molar-refractivity contribution in [2.75, 3.05) is 44.4 Å². The lowest BCUT2D eigenvalue weighted by Gasteiger charge is -2.28. The normalized spacial score (nSPS) is 27.3. The van der Waals surface area contributed by atoms with Gasteiger partial charge in [0.2, 0.25) is 5.88 Å². The Labute approximate surface area is 203 Å². The van der Waals surface area contributed by atoms with Crippen LogP contribution in [-0.2, 0) is 14.2 Å². The third-order valence-electron chi connectivity index (χ3n) is 6.40. The Morgan fingerprint density at radius 3 is 2.67 bits per heavy atom. The fourth-order valence-electron chi connectivity index (χ4n) is 4.67. The highest BCUT2D eigenvalue weighted by Gasteiger charge is 2.48. The number of pyridine rings is 1. The van der Waals surface area contributed by atoms with Gasteiger partial charge in [-0.3, -0.25) is 0 Å². The molecule has 0 radical (unpaired) electrons. The minimum absolute atomic E-state index is 0.258. The summed E-state index contributed by atoms with van der Waals surface area (Å²) in [6.45, 7) is 3.89. The van der Waals surface area contributed by atoms with Gasteiger partial charge in [0.05, 0.1) is 42.7 Å². The van der Waals surface area contributed by atoms with E-state index in [4.69, 9.17) is 35.5 Å². The van der Waals surface area contributed by atoms with Crippen molar-refractivity contribution in [3.63, 3.8) is 0 Å². The smallest absolute Gasteiger partial charge is 0.208 e. The third-order valence-corrected chi connectivity index (χ3v) is 7.42. The maximum Gasteiger partial charge on any atom is 0.208 e. The van der Waals surface area contributed by atoms with Gasteiger partial charge in [-0.05, 0) is 34.1 Å². The van der Waals surface area contributed by atoms with Crippen LogP contribution < -0.4 is 9.64 Å². The van der Waals surface area contributed by atoms with Crippen molar-refractivity contribution in [2.24, 2.45) is 0 Å². The van der Waals surface area contributed by atoms with Crippen LogP contribution in [0.3, 0.4) is 0 Å². The summed E-state index contributed by atoms with van der Waals surface area (Å²) in [5, 5.41) is 10.5. The second kappa shape index (κ2) is 8.72. The molecule has 1 aromatic carbocycles. The Kier molecular flexibility index (Phi) is 5.72. The molecular formula is C23H23BrClN3O5. The SMILES string of the molecule is O[C@@H]1CO[C@H]2[C@@H]1OC[C@H]2Oc1[nH]c2cc(Cl)c(-c3ccc(N4CCOCC4)cc3)nc2c1Br. The number of nitrogens with zero attached hydrogens (tertiary/aromatic N) is 2. The lowest BCUT2D eigenvalue weighted by molar-refractivity contribution is 0.00780. The third kappa shape index (κ3) is 3.90. The number of aromatic amines is 1. The number of rotatable bonds is 4. The molecule has 10 heteroatoms. The highest BCUT2D eigenvalue weighted by Crippen LogP contribution is 2.39. The van der Waals surface area contributed by atoms with Crippen LogP contribution in [0.1, 0.15) is 0 Å². The molecule has 0 saturated carbocycles. The average molecular weight is 537 g/mol. The highest BCUT2D eigenvalue weighted by molar-refractivity contribution is 9.10. The minimum atomic E-state index is -0.618. The van der Waals surface area contributed by atoms with Crippen LogP contribution in [0, 0.1) is 0 Å². The van der Waals surface area contributed by atoms with Gasteiger partial charge in [0, 0.05) is 24.3 Å². The first-order valence-corrected chi connectivity index (χ1v) is 12.1. The number of nitrogens with one attached hydrogen (secondary N) is 1. The predicted octanol–water partition coefficient (Wildman–Crippen LogP) is 3.39. The number of H-pyrrole nitrogens is 1. The highest BCUT2D eigenvalue weighted by atomic mass is 79.9. The first kappa shape index (κ1) is 21.6. The zero-order chi connectivity index (χ0) is 22.5. The number of aliphatic hydroxyl groups is 1. The Balaban J connectivity index is 1.27. The number of fused-ring (bicyclic) bond motifs is 2. The standard InChI is InChI=1S/C23H23BrClN3O5/c24-18-20-15(26-23(18)33-17-11-32-21-16(29)10-31-22(17)21)9-14(25)19(27-20)12-1-3-13(4-2-12)28-5-7-30-8-6-28/h1-4,9,16-17,21-22,26,29H,5-8,10-11H2/t16-,17-,21-,22-/m1/s1. The van der Waals surface area contributed by atoms with E-state index in [1.54, 1.807) is 0 Å². The summed E-state index contributed by atoms with van der Waals surface area (Å²) in [4.78, 5) is 10.4. The molecule has 0 unspecified atom stereocenters. The van der Waals surface area contributed by atoms with Gasteiger partial charge < -0.3 is 33.9 Å². The second-order valence-electron chi connectivity index (χ2n) is 8.45. The summed E-state index contributed by atoms with van der Waals surface area (Å²) in [6.07, 6.45) is -1.58. The zero-order valence-electron chi connectivity index (χ0n) is 17.7. The van der Waals surface area contributed by atoms with Gasteiger partial charge in [-0.1, -0.05) is 23.7 Å². The summed E-state index contributed by atoms with van der Waals surface area (Å²) in [7, 11) is 0. The molecule has 0 bridgehead atoms. The molecule has 3 fully saturated rings. The number of aromatic nitrogens is 2. The van der Waals surface area contributed by atoms with Crippen molar-refractivity contribution in [1.82, 2.24) is 9.97 Å². The molecule has 0 spiro atoms. The first-order valence-electron chi connectivity index (χ1n) is 11.0. The van der Waals surface area contributed by atoms with E-state index in [2.05, 4.69) is 37.9 Å². The monoisotopic (exact) mass is 535 g/mol. The number of halogens is 2. The molecule has 0 aliphatic carbocycles. The van der Waals surface area contributed by atoms with Gasteiger partial charge in [0.25, 0.3) is 0 Å². The van der Waals surface area contributed by atoms with Gasteiger partial charge in [0.15, 0.2) is 6.10 Å². The van der Waals surface area contributed by atoms with Crippen molar-refractivity contribution in [3.8, 4) is 17.1 Å². The van der Waals surface area contributed by atoms with Crippen molar-refractivity contribution >= 4 is 44.3 Å². The Hall–Kier alpha value is -1.88. The van der Waals surface area contributed by atoms with Gasteiger partial charge in [-0.15, -0.1) is 0 Å². The molecule has 8 nitrogen and oxygen atoms in total. The van der Waals surface area contributed by atoms with Crippen molar-refractivity contribution in [3.05, 3.63) is 39.8 Å². The molecule has 3 aliphatic heterocycles. The minimum Gasteiger partial charge on any atom is -0.469 e. The molecular weight excluding hydrogens is 514 g/mol. The molecule has 5 heterocycles. The van der Waals surface area contributed by atoms with Gasteiger partial charge in [-0.2, -0.15) is 0 Å². The molecule has 3 saturated heterocycles. The Bertz CT molecular complexity index is 1170. The number of benzene rings is 1. The van der Waals surface area contributed by atoms with Gasteiger partial charge in [-0.25, -0.2) is 4.98 Å². The van der Waals surface area contributed by atoms with Crippen LogP contribution in [0.5, 0.6) is 5.88 Å². The van der Waals surface area contributed by atoms with E-state index in [-0.39, 0.29) is 24.9 Å². The molecule has 174 valence electrons. The van der Waals surface area contributed by atoms with E-state index < -0.39 is 6.10 Å². The van der Waals surface area contributed by atoms with E-state index in [1.807, 2.05) is 18.2 Å². The molecule has 3 aliphatic rings. The lowest BCUT2D eigenvalue weighted by Crippen LogP contribution is -2.36. The number of hydrogen-bond acceptors (Lipinski definition) is 7. The number of hydrogen-bond donors (Lipinski definition) is 2. The fraction of sp³-hybridized carbons (Fsp3) is 0.435. The van der Waals surface area contributed by atoms with Crippen molar-refractivity contribution in [2.45, 2.75) is 24.4 Å². The summed E-state index contributed by atoms with van der Waals surface area (Å²) in [5.41, 5.74) is 4.29. The maximum absolute atomic E-state index is 9.96. The van der Waals surface area contributed by atoms with Crippen LogP contribution in [0.15, 0.2) is 34.8 Å². The summed E-state index contributed by atoms with van der Waals surface area (Å²) < 4.78 is 23.6. The topological polar surface area (TPSA) is 89.1 Å². The van der Waals surface area contributed by atoms with Crippen LogP contribution in [0.2, 0.25) is 5.02 Å². The fourth-order valence-corrected chi connectivity index (χ4v) is 5.42. The van der Waals surface area contributed by atoms with Crippen molar-refractivity contribution in [1.29, 1.82) is 0 Å². The van der Waals surface area contributed by atoms with E-state index in [9.17, 15) is 5.11 Å². The van der Waals surface area contributed by atoms with E-state index in [0.29, 0.717) is 27.7 Å². The molecule has 4 atom stereocenters. The first-order chi connectivity index (χ1) is 16.1. The number of aliphatic hydroxyl groups excluding tert-OH is 1. The number of ether oxygens (including phenoxy) is 4. The van der Waals surface area contributed by atoms with Gasteiger partial charge >= 0.3 is 0 Å². The quantitative estimate of drug-likeness (QED) is 0.528. The van der Waals surface area contributed by atoms with E-state index in [0.717, 1.165) is 48.6 Å². The zero-order valence-corrected chi connectivity index (χ0v) is 20.0. The number of anilines is 1. The van der Waals surface area contributed by atoms with Crippen LogP contribution in [-0.4, -0.2) is 79.0 Å².